The van der Waals surface area contributed by atoms with Crippen molar-refractivity contribution in [3.05, 3.63) is 47.3 Å². The van der Waals surface area contributed by atoms with Crippen LogP contribution in [0, 0.1) is 12.8 Å². The van der Waals surface area contributed by atoms with Gasteiger partial charge >= 0.3 is 6.18 Å². The van der Waals surface area contributed by atoms with E-state index in [-0.39, 0.29) is 23.3 Å². The van der Waals surface area contributed by atoms with Crippen LogP contribution in [0.5, 0.6) is 5.88 Å². The molecule has 10 heteroatoms. The van der Waals surface area contributed by atoms with E-state index in [9.17, 15) is 22.8 Å². The van der Waals surface area contributed by atoms with Crippen LogP contribution < -0.4 is 15.4 Å². The first-order valence-corrected chi connectivity index (χ1v) is 9.37. The summed E-state index contributed by atoms with van der Waals surface area (Å²) in [7, 11) is 0. The number of hydrogen-bond acceptors (Lipinski definition) is 5. The molecule has 2 heterocycles. The molecule has 2 aromatic rings. The number of anilines is 1. The molecule has 1 fully saturated rings. The average Bonchev–Trinajstić information content (AvgIpc) is 3.51. The van der Waals surface area contributed by atoms with Crippen molar-refractivity contribution in [1.29, 1.82) is 0 Å². The fraction of sp³-hybridized carbons (Fsp3) is 0.400. The first-order chi connectivity index (χ1) is 14.1. The molecule has 7 nitrogen and oxygen atoms in total. The molecule has 0 bridgehead atoms. The van der Waals surface area contributed by atoms with Gasteiger partial charge in [-0.3, -0.25) is 9.59 Å². The summed E-state index contributed by atoms with van der Waals surface area (Å²) in [6, 6.07) is 5.68. The van der Waals surface area contributed by atoms with E-state index in [1.54, 1.807) is 26.0 Å². The lowest BCUT2D eigenvalue weighted by Crippen LogP contribution is -2.28. The van der Waals surface area contributed by atoms with Gasteiger partial charge in [0.05, 0.1) is 6.04 Å². The number of nitrogens with zero attached hydrogens (tertiary/aromatic N) is 2. The maximum absolute atomic E-state index is 12.6. The van der Waals surface area contributed by atoms with Crippen molar-refractivity contribution in [3.63, 3.8) is 0 Å². The molecule has 160 valence electrons. The highest BCUT2D eigenvalue weighted by molar-refractivity contribution is 5.96. The SMILES string of the molecule is Cc1ccc(C(=O)NC(C)c2ccnc(NC(=O)C3CC3)c2)c(OCC(F)(F)F)n1. The van der Waals surface area contributed by atoms with E-state index in [2.05, 4.69) is 20.6 Å². The smallest absolute Gasteiger partial charge is 0.422 e. The summed E-state index contributed by atoms with van der Waals surface area (Å²) in [5, 5.41) is 5.44. The highest BCUT2D eigenvalue weighted by Gasteiger charge is 2.31. The van der Waals surface area contributed by atoms with E-state index in [4.69, 9.17) is 4.74 Å². The van der Waals surface area contributed by atoms with Gasteiger partial charge < -0.3 is 15.4 Å². The second kappa shape index (κ2) is 8.68. The Labute approximate surface area is 171 Å². The van der Waals surface area contributed by atoms with E-state index < -0.39 is 24.7 Å². The molecular weight excluding hydrogens is 401 g/mol. The lowest BCUT2D eigenvalue weighted by atomic mass is 10.1. The Morgan fingerprint density at radius 1 is 1.27 bits per heavy atom. The van der Waals surface area contributed by atoms with Crippen molar-refractivity contribution in [2.24, 2.45) is 5.92 Å². The summed E-state index contributed by atoms with van der Waals surface area (Å²) in [5.41, 5.74) is 0.984. The summed E-state index contributed by atoms with van der Waals surface area (Å²) < 4.78 is 42.2. The minimum Gasteiger partial charge on any atom is -0.467 e. The van der Waals surface area contributed by atoms with E-state index >= 15 is 0 Å². The summed E-state index contributed by atoms with van der Waals surface area (Å²) in [5.74, 6) is -0.710. The lowest BCUT2D eigenvalue weighted by molar-refractivity contribution is -0.154. The van der Waals surface area contributed by atoms with Gasteiger partial charge in [0.25, 0.3) is 5.91 Å². The highest BCUT2D eigenvalue weighted by atomic mass is 19.4. The monoisotopic (exact) mass is 422 g/mol. The van der Waals surface area contributed by atoms with Crippen LogP contribution in [-0.2, 0) is 4.79 Å². The van der Waals surface area contributed by atoms with Gasteiger partial charge in [-0.1, -0.05) is 0 Å². The number of rotatable bonds is 7. The van der Waals surface area contributed by atoms with E-state index in [1.807, 2.05) is 0 Å². The highest BCUT2D eigenvalue weighted by Crippen LogP contribution is 2.30. The summed E-state index contributed by atoms with van der Waals surface area (Å²) in [4.78, 5) is 32.5. The van der Waals surface area contributed by atoms with Crippen LogP contribution in [0.15, 0.2) is 30.5 Å². The number of carbonyl (C=O) groups excluding carboxylic acids is 2. The molecule has 0 aliphatic heterocycles. The van der Waals surface area contributed by atoms with Gasteiger partial charge in [0.2, 0.25) is 11.8 Å². The second-order valence-electron chi connectivity index (χ2n) is 7.14. The third-order valence-electron chi connectivity index (χ3n) is 4.45. The van der Waals surface area contributed by atoms with Crippen LogP contribution in [0.25, 0.3) is 0 Å². The summed E-state index contributed by atoms with van der Waals surface area (Å²) >= 11 is 0. The van der Waals surface area contributed by atoms with Crippen LogP contribution in [0.1, 0.15) is 47.4 Å². The molecule has 1 saturated carbocycles. The number of carbonyl (C=O) groups is 2. The molecule has 1 aliphatic carbocycles. The molecule has 3 rings (SSSR count). The molecule has 1 unspecified atom stereocenters. The van der Waals surface area contributed by atoms with Gasteiger partial charge in [0.15, 0.2) is 6.61 Å². The number of halogens is 3. The Bertz CT molecular complexity index is 945. The van der Waals surface area contributed by atoms with Crippen molar-refractivity contribution in [1.82, 2.24) is 15.3 Å². The van der Waals surface area contributed by atoms with Crippen molar-refractivity contribution in [3.8, 4) is 5.88 Å². The van der Waals surface area contributed by atoms with Gasteiger partial charge in [0, 0.05) is 17.8 Å². The van der Waals surface area contributed by atoms with Crippen LogP contribution in [-0.4, -0.2) is 34.6 Å². The largest absolute Gasteiger partial charge is 0.467 e. The Morgan fingerprint density at radius 3 is 2.67 bits per heavy atom. The number of ether oxygens (including phenoxy) is 1. The van der Waals surface area contributed by atoms with Crippen LogP contribution in [0.2, 0.25) is 0 Å². The predicted molar refractivity (Wildman–Crippen MR) is 102 cm³/mol. The van der Waals surface area contributed by atoms with E-state index in [0.29, 0.717) is 17.1 Å². The zero-order valence-electron chi connectivity index (χ0n) is 16.4. The van der Waals surface area contributed by atoms with Crippen molar-refractivity contribution in [2.75, 3.05) is 11.9 Å². The normalized spacial score (nSPS) is 14.7. The van der Waals surface area contributed by atoms with Gasteiger partial charge in [-0.15, -0.1) is 0 Å². The second-order valence-corrected chi connectivity index (χ2v) is 7.14. The zero-order valence-corrected chi connectivity index (χ0v) is 16.4. The van der Waals surface area contributed by atoms with E-state index in [0.717, 1.165) is 12.8 Å². The summed E-state index contributed by atoms with van der Waals surface area (Å²) in [6.07, 6.45) is -1.32. The third-order valence-corrected chi connectivity index (χ3v) is 4.45. The molecule has 0 radical (unpaired) electrons. The van der Waals surface area contributed by atoms with Crippen molar-refractivity contribution < 1.29 is 27.5 Å². The minimum atomic E-state index is -4.55. The molecule has 2 N–H and O–H groups in total. The Hall–Kier alpha value is -3.17. The first kappa shape index (κ1) is 21.5. The number of aryl methyl sites for hydroxylation is 1. The lowest BCUT2D eigenvalue weighted by Gasteiger charge is -2.17. The van der Waals surface area contributed by atoms with Gasteiger partial charge in [0.1, 0.15) is 11.4 Å². The van der Waals surface area contributed by atoms with Crippen LogP contribution in [0.3, 0.4) is 0 Å². The number of aromatic nitrogens is 2. The number of pyridine rings is 2. The molecule has 1 aliphatic rings. The standard InChI is InChI=1S/C20H21F3N4O3/c1-11-3-6-15(19(25-11)30-10-20(21,22)23)18(29)26-12(2)14-7-8-24-16(9-14)27-17(28)13-4-5-13/h3,6-9,12-13H,4-5,10H2,1-2H3,(H,26,29)(H,24,27,28). The molecular formula is C20H21F3N4O3. The Balaban J connectivity index is 1.70. The average molecular weight is 422 g/mol. The summed E-state index contributed by atoms with van der Waals surface area (Å²) in [6.45, 7) is 1.74. The molecule has 0 saturated heterocycles. The topological polar surface area (TPSA) is 93.2 Å². The van der Waals surface area contributed by atoms with Gasteiger partial charge in [-0.05, 0) is 56.5 Å². The van der Waals surface area contributed by atoms with Crippen LogP contribution >= 0.6 is 0 Å². The van der Waals surface area contributed by atoms with Gasteiger partial charge in [-0.25, -0.2) is 9.97 Å². The molecule has 2 aromatic heterocycles. The maximum atomic E-state index is 12.6. The predicted octanol–water partition coefficient (Wildman–Crippen LogP) is 3.57. The molecule has 2 amide bonds. The Kier molecular flexibility index (Phi) is 6.23. The minimum absolute atomic E-state index is 0.0248. The number of amides is 2. The number of nitrogens with one attached hydrogen (secondary N) is 2. The van der Waals surface area contributed by atoms with Crippen molar-refractivity contribution >= 4 is 17.6 Å². The fourth-order valence-corrected chi connectivity index (χ4v) is 2.68. The van der Waals surface area contributed by atoms with Crippen molar-refractivity contribution in [2.45, 2.75) is 38.9 Å². The third kappa shape index (κ3) is 5.91. The first-order valence-electron chi connectivity index (χ1n) is 9.37. The molecule has 0 spiro atoms. The zero-order chi connectivity index (χ0) is 21.9. The Morgan fingerprint density at radius 2 is 2.00 bits per heavy atom. The van der Waals surface area contributed by atoms with Gasteiger partial charge in [-0.2, -0.15) is 13.2 Å². The quantitative estimate of drug-likeness (QED) is 0.712. The molecule has 0 aromatic carbocycles. The number of alkyl halides is 3. The van der Waals surface area contributed by atoms with E-state index in [1.165, 1.54) is 18.3 Å². The molecule has 30 heavy (non-hydrogen) atoms. The van der Waals surface area contributed by atoms with Crippen LogP contribution in [0.4, 0.5) is 19.0 Å². The number of hydrogen-bond donors (Lipinski definition) is 2. The molecule has 1 atom stereocenters. The fourth-order valence-electron chi connectivity index (χ4n) is 2.68. The maximum Gasteiger partial charge on any atom is 0.422 e.